The van der Waals surface area contributed by atoms with Crippen LogP contribution in [0.15, 0.2) is 35.3 Å². The molecule has 0 spiro atoms. The third kappa shape index (κ3) is 21.7. The van der Waals surface area contributed by atoms with Crippen LogP contribution in [0, 0.1) is 17.8 Å². The highest BCUT2D eigenvalue weighted by molar-refractivity contribution is 5.98. The molecule has 0 saturated heterocycles. The summed E-state index contributed by atoms with van der Waals surface area (Å²) in [5, 5.41) is 48.9. The van der Waals surface area contributed by atoms with Gasteiger partial charge in [0.05, 0.1) is 32.2 Å². The van der Waals surface area contributed by atoms with Crippen LogP contribution in [0.4, 0.5) is 0 Å². The molecule has 69 heavy (non-hydrogen) atoms. The summed E-state index contributed by atoms with van der Waals surface area (Å²) in [4.78, 5) is 133. The molecule has 0 aliphatic heterocycles. The van der Waals surface area contributed by atoms with E-state index >= 15 is 0 Å². The first-order valence-corrected chi connectivity index (χ1v) is 22.3. The summed E-state index contributed by atoms with van der Waals surface area (Å²) in [6.45, 7) is 7.40. The molecule has 0 bridgehead atoms. The number of nitrogens with one attached hydrogen (secondary N) is 8. The van der Waals surface area contributed by atoms with Gasteiger partial charge in [-0.2, -0.15) is 0 Å². The van der Waals surface area contributed by atoms with Gasteiger partial charge in [-0.3, -0.25) is 48.1 Å². The van der Waals surface area contributed by atoms with Gasteiger partial charge in [-0.05, 0) is 36.2 Å². The molecular formula is C43H71N13O13. The van der Waals surface area contributed by atoms with Crippen molar-refractivity contribution in [3.05, 3.63) is 35.9 Å². The second kappa shape index (κ2) is 30.5. The first-order chi connectivity index (χ1) is 32.4. The lowest BCUT2D eigenvalue weighted by molar-refractivity contribution is -0.143. The van der Waals surface area contributed by atoms with Gasteiger partial charge in [0.25, 0.3) is 0 Å². The number of aliphatic hydroxyl groups excluding tert-OH is 2. The highest BCUT2D eigenvalue weighted by atomic mass is 16.4. The minimum absolute atomic E-state index is 0.00963. The number of nitrogens with zero attached hydrogens (tertiary/aromatic N) is 1. The van der Waals surface area contributed by atoms with E-state index in [1.54, 1.807) is 71.9 Å². The molecule has 0 saturated carbocycles. The number of aliphatic hydroxyl groups is 2. The number of guanidine groups is 1. The van der Waals surface area contributed by atoms with Gasteiger partial charge in [0, 0.05) is 13.0 Å². The molecule has 19 N–H and O–H groups in total. The second-order valence-electron chi connectivity index (χ2n) is 17.0. The number of benzene rings is 1. The van der Waals surface area contributed by atoms with E-state index in [4.69, 9.17) is 22.9 Å². The highest BCUT2D eigenvalue weighted by Gasteiger charge is 2.36. The van der Waals surface area contributed by atoms with Crippen molar-refractivity contribution < 1.29 is 63.3 Å². The molecule has 0 unspecified atom stereocenters. The maximum absolute atomic E-state index is 13.8. The predicted molar refractivity (Wildman–Crippen MR) is 249 cm³/mol. The summed E-state index contributed by atoms with van der Waals surface area (Å²) in [7, 11) is 0. The number of carbonyl (C=O) groups is 10. The lowest BCUT2D eigenvalue weighted by Crippen LogP contribution is -2.61. The number of nitrogens with two attached hydrogens (primary N) is 4. The largest absolute Gasteiger partial charge is 0.480 e. The quantitative estimate of drug-likeness (QED) is 0.0187. The van der Waals surface area contributed by atoms with E-state index in [2.05, 4.69) is 47.5 Å². The molecule has 9 amide bonds. The van der Waals surface area contributed by atoms with Crippen LogP contribution in [0.3, 0.4) is 0 Å². The summed E-state index contributed by atoms with van der Waals surface area (Å²) in [5.74, 6) is -11.2. The van der Waals surface area contributed by atoms with Crippen LogP contribution in [-0.2, 0) is 54.4 Å². The molecule has 0 aliphatic rings. The van der Waals surface area contributed by atoms with Crippen molar-refractivity contribution in [2.75, 3.05) is 26.3 Å². The average molecular weight is 978 g/mol. The van der Waals surface area contributed by atoms with Gasteiger partial charge >= 0.3 is 5.97 Å². The molecular weight excluding hydrogens is 907 g/mol. The fourth-order valence-corrected chi connectivity index (χ4v) is 6.38. The number of hydrogen-bond acceptors (Lipinski definition) is 14. The maximum Gasteiger partial charge on any atom is 0.326 e. The minimum Gasteiger partial charge on any atom is -0.480 e. The first kappa shape index (κ1) is 60.1. The normalized spacial score (nSPS) is 14.9. The smallest absolute Gasteiger partial charge is 0.326 e. The summed E-state index contributed by atoms with van der Waals surface area (Å²) in [5.41, 5.74) is 21.8. The number of carboxylic acids is 1. The molecule has 0 aromatic heterocycles. The lowest BCUT2D eigenvalue weighted by Gasteiger charge is -2.30. The first-order valence-electron chi connectivity index (χ1n) is 22.3. The number of carboxylic acid groups (broad SMARTS) is 1. The van der Waals surface area contributed by atoms with Gasteiger partial charge in [0.15, 0.2) is 5.96 Å². The van der Waals surface area contributed by atoms with E-state index in [0.29, 0.717) is 12.0 Å². The summed E-state index contributed by atoms with van der Waals surface area (Å²) in [6, 6.07) is -2.95. The fraction of sp³-hybridized carbons (Fsp3) is 0.605. The predicted octanol–water partition coefficient (Wildman–Crippen LogP) is -5.58. The molecule has 0 radical (unpaired) electrons. The topological polar surface area (TPSA) is 444 Å². The SMILES string of the molecule is CC[C@H](C)[C@H](NC(=O)[C@@H](NC(=O)[C@@H](NC(=O)CNC(=O)[C@H](Cc1ccccc1)NC(=O)[C@H](CO)NC(=O)[C@H](CO)NC(=O)[C@@H](N)CC(N)=O)C(C)C)C(C)C)C(=O)N[C@@H](CCCN=C(N)N)C(=O)O. The molecule has 1 aromatic rings. The highest BCUT2D eigenvalue weighted by Crippen LogP contribution is 2.13. The fourth-order valence-electron chi connectivity index (χ4n) is 6.38. The van der Waals surface area contributed by atoms with Crippen LogP contribution in [0.25, 0.3) is 0 Å². The molecule has 386 valence electrons. The molecule has 9 atom stereocenters. The Morgan fingerprint density at radius 2 is 1.09 bits per heavy atom. The third-order valence-corrected chi connectivity index (χ3v) is 10.6. The molecule has 0 fully saturated rings. The molecule has 0 aliphatic carbocycles. The van der Waals surface area contributed by atoms with Gasteiger partial charge in [-0.25, -0.2) is 4.79 Å². The number of amides is 9. The standard InChI is InChI=1S/C43H71N13O13/c1-7-23(6)34(41(67)50-26(42(68)69)14-11-15-48-43(46)47)56-40(66)33(22(4)5)55-39(65)32(21(2)3)54-31(60)18-49-36(62)27(16-24-12-9-8-10-13-24)51-37(63)29(20-58)53-38(64)28(19-57)52-35(61)25(44)17-30(45)59/h8-10,12-13,21-23,25-29,32-34,57-58H,7,11,14-20,44H2,1-6H3,(H2,45,59)(H,49,62)(H,50,67)(H,51,63)(H,52,61)(H,53,64)(H,54,60)(H,55,65)(H,56,66)(H,68,69)(H4,46,47,48)/t23-,25-,26-,27-,28-,29-,32-,33-,34-/m0/s1. The summed E-state index contributed by atoms with van der Waals surface area (Å²) < 4.78 is 0. The Morgan fingerprint density at radius 1 is 0.609 bits per heavy atom. The van der Waals surface area contributed by atoms with Crippen LogP contribution in [-0.4, -0.2) is 155 Å². The van der Waals surface area contributed by atoms with Gasteiger partial charge in [0.2, 0.25) is 53.2 Å². The number of carbonyl (C=O) groups excluding carboxylic acids is 9. The molecule has 1 aromatic carbocycles. The van der Waals surface area contributed by atoms with Gasteiger partial charge in [0.1, 0.15) is 42.3 Å². The Kier molecular flexibility index (Phi) is 26.5. The van der Waals surface area contributed by atoms with Crippen molar-refractivity contribution in [3.8, 4) is 0 Å². The zero-order chi connectivity index (χ0) is 52.5. The van der Waals surface area contributed by atoms with E-state index < -0.39 is 151 Å². The summed E-state index contributed by atoms with van der Waals surface area (Å²) >= 11 is 0. The number of aliphatic carboxylic acids is 1. The third-order valence-electron chi connectivity index (χ3n) is 10.6. The van der Waals surface area contributed by atoms with Crippen molar-refractivity contribution >= 4 is 65.1 Å². The number of primary amides is 1. The van der Waals surface area contributed by atoms with Crippen LogP contribution < -0.4 is 65.5 Å². The monoisotopic (exact) mass is 978 g/mol. The van der Waals surface area contributed by atoms with E-state index in [9.17, 15) is 63.3 Å². The van der Waals surface area contributed by atoms with Crippen molar-refractivity contribution in [3.63, 3.8) is 0 Å². The average Bonchev–Trinajstić information content (AvgIpc) is 3.28. The van der Waals surface area contributed by atoms with Gasteiger partial charge in [-0.15, -0.1) is 0 Å². The van der Waals surface area contributed by atoms with E-state index in [1.807, 2.05) is 0 Å². The lowest BCUT2D eigenvalue weighted by atomic mass is 9.95. The number of hydrogen-bond donors (Lipinski definition) is 15. The van der Waals surface area contributed by atoms with E-state index in [1.165, 1.54) is 0 Å². The Bertz CT molecular complexity index is 1950. The molecule has 0 heterocycles. The van der Waals surface area contributed by atoms with Crippen molar-refractivity contribution in [2.24, 2.45) is 45.7 Å². The van der Waals surface area contributed by atoms with Crippen LogP contribution >= 0.6 is 0 Å². The van der Waals surface area contributed by atoms with Crippen molar-refractivity contribution in [2.45, 2.75) is 122 Å². The van der Waals surface area contributed by atoms with Crippen molar-refractivity contribution in [1.82, 2.24) is 42.5 Å². The van der Waals surface area contributed by atoms with Crippen LogP contribution in [0.5, 0.6) is 0 Å². The zero-order valence-corrected chi connectivity index (χ0v) is 39.8. The number of aliphatic imine (C=N–C) groups is 1. The van der Waals surface area contributed by atoms with Gasteiger partial charge < -0.3 is 80.8 Å². The van der Waals surface area contributed by atoms with Gasteiger partial charge in [-0.1, -0.05) is 78.3 Å². The van der Waals surface area contributed by atoms with E-state index in [-0.39, 0.29) is 31.8 Å². The Morgan fingerprint density at radius 3 is 1.57 bits per heavy atom. The number of rotatable bonds is 31. The minimum atomic E-state index is -1.72. The Hall–Kier alpha value is -6.93. The van der Waals surface area contributed by atoms with E-state index in [0.717, 1.165) is 0 Å². The van der Waals surface area contributed by atoms with Crippen molar-refractivity contribution in [1.29, 1.82) is 0 Å². The zero-order valence-electron chi connectivity index (χ0n) is 39.8. The van der Waals surface area contributed by atoms with Crippen LogP contribution in [0.1, 0.15) is 72.8 Å². The summed E-state index contributed by atoms with van der Waals surface area (Å²) in [6.07, 6.45) is -0.0785. The maximum atomic E-state index is 13.8. The Labute approximate surface area is 400 Å². The second-order valence-corrected chi connectivity index (χ2v) is 17.0. The molecule has 26 heteroatoms. The molecule has 1 rings (SSSR count). The van der Waals surface area contributed by atoms with Crippen LogP contribution in [0.2, 0.25) is 0 Å². The Balaban J connectivity index is 3.15. The molecule has 26 nitrogen and oxygen atoms in total.